The molecule has 5 rings (SSSR count). The van der Waals surface area contributed by atoms with Crippen LogP contribution in [0.2, 0.25) is 0 Å². The summed E-state index contributed by atoms with van der Waals surface area (Å²) in [6, 6.07) is 12.9. The van der Waals surface area contributed by atoms with Gasteiger partial charge in [0, 0.05) is 23.2 Å². The lowest BCUT2D eigenvalue weighted by Crippen LogP contribution is -2.50. The van der Waals surface area contributed by atoms with Crippen LogP contribution in [-0.2, 0) is 6.54 Å². The van der Waals surface area contributed by atoms with Crippen molar-refractivity contribution in [2.45, 2.75) is 89.4 Å². The molecule has 2 aliphatic rings. The standard InChI is InChI=1S/C30H37FN6O2/c1-3-4-8-26(21-9-11-22(12-10-21)29(39)32-19-28-33-35-36-34-28)37-20(2)24(18-30(37)15-6-5-7-16-30)23-13-14-25(31)27(38)17-23/h9-14,17-18,20,26,38H,3-8,15-16,19H2,1-2H3,(H,32,39)(H,33,34,35,36). The number of rotatable bonds is 9. The normalized spacial score (nSPS) is 19.7. The average Bonchev–Trinajstić information content (AvgIpc) is 3.57. The molecule has 1 aromatic heterocycles. The van der Waals surface area contributed by atoms with E-state index in [0.717, 1.165) is 43.2 Å². The second kappa shape index (κ2) is 11.7. The Balaban J connectivity index is 1.44. The van der Waals surface area contributed by atoms with Crippen molar-refractivity contribution >= 4 is 11.5 Å². The Morgan fingerprint density at radius 2 is 1.97 bits per heavy atom. The lowest BCUT2D eigenvalue weighted by Gasteiger charge is -2.48. The van der Waals surface area contributed by atoms with Crippen LogP contribution in [0.25, 0.3) is 5.57 Å². The Kier molecular flexibility index (Phi) is 8.07. The molecule has 0 bridgehead atoms. The first-order valence-electron chi connectivity index (χ1n) is 14.0. The summed E-state index contributed by atoms with van der Waals surface area (Å²) in [4.78, 5) is 15.4. The summed E-state index contributed by atoms with van der Waals surface area (Å²) in [6.45, 7) is 4.65. The topological polar surface area (TPSA) is 107 Å². The van der Waals surface area contributed by atoms with Crippen LogP contribution in [0, 0.1) is 5.82 Å². The van der Waals surface area contributed by atoms with Crippen molar-refractivity contribution in [1.29, 1.82) is 0 Å². The SMILES string of the molecule is CCCCC(c1ccc(C(=O)NCc2nn[nH]n2)cc1)N1C(C)C(c2ccc(F)c(O)c2)=CC12CCCCC2. The average molecular weight is 533 g/mol. The first-order chi connectivity index (χ1) is 18.9. The van der Waals surface area contributed by atoms with Gasteiger partial charge in [0.2, 0.25) is 0 Å². The Bertz CT molecular complexity index is 1300. The number of benzene rings is 2. The van der Waals surface area contributed by atoms with Crippen LogP contribution < -0.4 is 5.32 Å². The summed E-state index contributed by atoms with van der Waals surface area (Å²) in [5.74, 6) is -0.669. The number of phenolic OH excluding ortho intramolecular Hbond substituents is 1. The number of halogens is 1. The zero-order valence-electron chi connectivity index (χ0n) is 22.7. The Hall–Kier alpha value is -3.59. The van der Waals surface area contributed by atoms with Crippen molar-refractivity contribution in [2.24, 2.45) is 0 Å². The van der Waals surface area contributed by atoms with Crippen LogP contribution >= 0.6 is 0 Å². The molecule has 2 aromatic carbocycles. The molecule has 1 aliphatic carbocycles. The molecule has 1 amide bonds. The van der Waals surface area contributed by atoms with E-state index in [0.29, 0.717) is 11.4 Å². The lowest BCUT2D eigenvalue weighted by atomic mass is 9.79. The fourth-order valence-electron chi connectivity index (χ4n) is 6.42. The van der Waals surface area contributed by atoms with Gasteiger partial charge in [0.05, 0.1) is 6.54 Å². The number of carbonyl (C=O) groups excluding carboxylic acids is 1. The van der Waals surface area contributed by atoms with E-state index in [2.05, 4.69) is 62.9 Å². The highest BCUT2D eigenvalue weighted by molar-refractivity contribution is 5.94. The highest BCUT2D eigenvalue weighted by atomic mass is 19.1. The monoisotopic (exact) mass is 532 g/mol. The zero-order chi connectivity index (χ0) is 27.4. The van der Waals surface area contributed by atoms with E-state index in [9.17, 15) is 14.3 Å². The fourth-order valence-corrected chi connectivity index (χ4v) is 6.42. The number of hydrogen-bond acceptors (Lipinski definition) is 6. The van der Waals surface area contributed by atoms with E-state index >= 15 is 0 Å². The predicted molar refractivity (Wildman–Crippen MR) is 147 cm³/mol. The molecule has 2 heterocycles. The molecular formula is C30H37FN6O2. The molecule has 0 radical (unpaired) electrons. The number of phenols is 1. The highest BCUT2D eigenvalue weighted by Crippen LogP contribution is 2.51. The molecular weight excluding hydrogens is 495 g/mol. The number of aromatic nitrogens is 4. The lowest BCUT2D eigenvalue weighted by molar-refractivity contribution is 0.0398. The molecule has 1 aliphatic heterocycles. The van der Waals surface area contributed by atoms with E-state index < -0.39 is 5.82 Å². The number of aromatic hydroxyl groups is 1. The summed E-state index contributed by atoms with van der Waals surface area (Å²) >= 11 is 0. The summed E-state index contributed by atoms with van der Waals surface area (Å²) in [7, 11) is 0. The minimum Gasteiger partial charge on any atom is -0.505 e. The number of unbranched alkanes of at least 4 members (excludes halogenated alkanes) is 1. The third-order valence-corrected chi connectivity index (χ3v) is 8.33. The number of aromatic amines is 1. The van der Waals surface area contributed by atoms with Crippen molar-refractivity contribution in [2.75, 3.05) is 0 Å². The van der Waals surface area contributed by atoms with Gasteiger partial charge in [0.1, 0.15) is 0 Å². The first-order valence-corrected chi connectivity index (χ1v) is 14.0. The Labute approximate surface area is 228 Å². The van der Waals surface area contributed by atoms with Crippen LogP contribution in [0.5, 0.6) is 5.75 Å². The minimum atomic E-state index is -0.600. The molecule has 1 fully saturated rings. The van der Waals surface area contributed by atoms with E-state index in [1.807, 2.05) is 12.1 Å². The highest BCUT2D eigenvalue weighted by Gasteiger charge is 2.48. The van der Waals surface area contributed by atoms with Gasteiger partial charge < -0.3 is 10.4 Å². The third-order valence-electron chi connectivity index (χ3n) is 8.33. The zero-order valence-corrected chi connectivity index (χ0v) is 22.7. The van der Waals surface area contributed by atoms with Gasteiger partial charge in [0.25, 0.3) is 5.91 Å². The molecule has 39 heavy (non-hydrogen) atoms. The fraction of sp³-hybridized carbons (Fsp3) is 0.467. The Morgan fingerprint density at radius 1 is 1.21 bits per heavy atom. The van der Waals surface area contributed by atoms with Crippen molar-refractivity contribution < 1.29 is 14.3 Å². The van der Waals surface area contributed by atoms with Crippen LogP contribution in [0.1, 0.15) is 98.6 Å². The number of nitrogens with one attached hydrogen (secondary N) is 2. The maximum Gasteiger partial charge on any atom is 0.251 e. The summed E-state index contributed by atoms with van der Waals surface area (Å²) in [5, 5.41) is 26.6. The molecule has 0 saturated heterocycles. The summed E-state index contributed by atoms with van der Waals surface area (Å²) < 4.78 is 13.9. The number of hydrogen-bond donors (Lipinski definition) is 3. The van der Waals surface area contributed by atoms with Gasteiger partial charge in [-0.15, -0.1) is 10.2 Å². The molecule has 8 nitrogen and oxygen atoms in total. The van der Waals surface area contributed by atoms with E-state index in [-0.39, 0.29) is 35.8 Å². The van der Waals surface area contributed by atoms with Crippen molar-refractivity contribution in [3.63, 3.8) is 0 Å². The van der Waals surface area contributed by atoms with Crippen LogP contribution in [0.3, 0.4) is 0 Å². The maximum absolute atomic E-state index is 13.9. The van der Waals surface area contributed by atoms with Crippen molar-refractivity contribution in [1.82, 2.24) is 30.8 Å². The number of nitrogens with zero attached hydrogens (tertiary/aromatic N) is 4. The van der Waals surface area contributed by atoms with Gasteiger partial charge in [-0.3, -0.25) is 9.69 Å². The van der Waals surface area contributed by atoms with Crippen LogP contribution in [-0.4, -0.2) is 48.1 Å². The van der Waals surface area contributed by atoms with Gasteiger partial charge in [-0.25, -0.2) is 4.39 Å². The summed E-state index contributed by atoms with van der Waals surface area (Å²) in [5.41, 5.74) is 3.70. The molecule has 2 unspecified atom stereocenters. The quantitative estimate of drug-likeness (QED) is 0.327. The molecule has 1 saturated carbocycles. The number of tetrazole rings is 1. The largest absolute Gasteiger partial charge is 0.505 e. The van der Waals surface area contributed by atoms with Crippen LogP contribution in [0.4, 0.5) is 4.39 Å². The number of carbonyl (C=O) groups is 1. The molecule has 3 aromatic rings. The summed E-state index contributed by atoms with van der Waals surface area (Å²) in [6.07, 6.45) is 11.3. The van der Waals surface area contributed by atoms with Crippen LogP contribution in [0.15, 0.2) is 48.5 Å². The smallest absolute Gasteiger partial charge is 0.251 e. The number of amides is 1. The second-order valence-corrected chi connectivity index (χ2v) is 10.8. The minimum absolute atomic E-state index is 0.0872. The van der Waals surface area contributed by atoms with E-state index in [1.165, 1.54) is 30.9 Å². The molecule has 2 atom stereocenters. The second-order valence-electron chi connectivity index (χ2n) is 10.8. The Morgan fingerprint density at radius 3 is 2.64 bits per heavy atom. The third kappa shape index (κ3) is 5.59. The predicted octanol–water partition coefficient (Wildman–Crippen LogP) is 5.70. The van der Waals surface area contributed by atoms with Gasteiger partial charge >= 0.3 is 0 Å². The molecule has 3 N–H and O–H groups in total. The first kappa shape index (κ1) is 27.0. The van der Waals surface area contributed by atoms with E-state index in [1.54, 1.807) is 12.1 Å². The van der Waals surface area contributed by atoms with Crippen molar-refractivity contribution in [3.05, 3.63) is 76.9 Å². The molecule has 206 valence electrons. The van der Waals surface area contributed by atoms with Crippen molar-refractivity contribution in [3.8, 4) is 5.75 Å². The van der Waals surface area contributed by atoms with Gasteiger partial charge in [-0.2, -0.15) is 5.21 Å². The van der Waals surface area contributed by atoms with Gasteiger partial charge in [0.15, 0.2) is 17.4 Å². The molecule has 9 heteroatoms. The van der Waals surface area contributed by atoms with Gasteiger partial charge in [-0.05, 0) is 67.2 Å². The maximum atomic E-state index is 13.9. The van der Waals surface area contributed by atoms with E-state index in [4.69, 9.17) is 0 Å². The van der Waals surface area contributed by atoms with Gasteiger partial charge in [-0.1, -0.05) is 68.5 Å². The molecule has 1 spiro atoms. The number of H-pyrrole nitrogens is 1.